The maximum absolute atomic E-state index is 15.0. The highest BCUT2D eigenvalue weighted by Gasteiger charge is 2.17. The summed E-state index contributed by atoms with van der Waals surface area (Å²) in [5.74, 6) is -2.87. The van der Waals surface area contributed by atoms with E-state index in [1.54, 1.807) is 12.1 Å². The van der Waals surface area contributed by atoms with Crippen molar-refractivity contribution in [3.63, 3.8) is 0 Å². The number of halogens is 4. The van der Waals surface area contributed by atoms with Gasteiger partial charge >= 0.3 is 0 Å². The first-order valence-corrected chi connectivity index (χ1v) is 8.94. The van der Waals surface area contributed by atoms with Gasteiger partial charge < -0.3 is 0 Å². The molecule has 28 heavy (non-hydrogen) atoms. The molecule has 0 heterocycles. The Bertz CT molecular complexity index is 1170. The summed E-state index contributed by atoms with van der Waals surface area (Å²) in [5, 5.41) is 1.13. The molecule has 4 heteroatoms. The van der Waals surface area contributed by atoms with Gasteiger partial charge in [-0.3, -0.25) is 0 Å². The van der Waals surface area contributed by atoms with Gasteiger partial charge in [-0.25, -0.2) is 17.6 Å². The summed E-state index contributed by atoms with van der Waals surface area (Å²) in [6, 6.07) is 15.9. The highest BCUT2D eigenvalue weighted by Crippen LogP contribution is 2.34. The van der Waals surface area contributed by atoms with Crippen LogP contribution in [-0.2, 0) is 6.42 Å². The highest BCUT2D eigenvalue weighted by molar-refractivity contribution is 5.89. The van der Waals surface area contributed by atoms with Crippen molar-refractivity contribution in [2.24, 2.45) is 0 Å². The molecule has 140 valence electrons. The topological polar surface area (TPSA) is 0 Å². The van der Waals surface area contributed by atoms with Crippen molar-refractivity contribution >= 4 is 10.8 Å². The summed E-state index contributed by atoms with van der Waals surface area (Å²) in [4.78, 5) is 0. The normalized spacial score (nSPS) is 11.2. The zero-order valence-electron chi connectivity index (χ0n) is 15.1. The molecule has 0 amide bonds. The maximum Gasteiger partial charge on any atom is 0.138 e. The Morgan fingerprint density at radius 3 is 2.14 bits per heavy atom. The Morgan fingerprint density at radius 2 is 1.46 bits per heavy atom. The molecule has 0 bridgehead atoms. The summed E-state index contributed by atoms with van der Waals surface area (Å²) < 4.78 is 57.8. The summed E-state index contributed by atoms with van der Waals surface area (Å²) in [6.45, 7) is 2.01. The highest BCUT2D eigenvalue weighted by atomic mass is 19.1. The standard InChI is InChI=1S/C24H16F4/c1-2-14-6-8-19-15(10-14)7-9-20(24(19)28)17-12-21(26)23(22(27)13-17)16-4-3-5-18(25)11-16/h3-13H,2H2,1H3. The van der Waals surface area contributed by atoms with Crippen LogP contribution in [0, 0.1) is 23.3 Å². The molecular weight excluding hydrogens is 364 g/mol. The summed E-state index contributed by atoms with van der Waals surface area (Å²) in [6.07, 6.45) is 0.831. The predicted molar refractivity (Wildman–Crippen MR) is 104 cm³/mol. The molecule has 4 aromatic carbocycles. The molecule has 0 spiro atoms. The van der Waals surface area contributed by atoms with Crippen LogP contribution in [0.3, 0.4) is 0 Å². The first-order valence-electron chi connectivity index (χ1n) is 8.94. The van der Waals surface area contributed by atoms with Gasteiger partial charge in [-0.15, -0.1) is 0 Å². The molecule has 0 aliphatic carbocycles. The van der Waals surface area contributed by atoms with E-state index in [0.717, 1.165) is 35.6 Å². The van der Waals surface area contributed by atoms with Gasteiger partial charge in [-0.1, -0.05) is 49.4 Å². The average Bonchev–Trinajstić information content (AvgIpc) is 2.67. The van der Waals surface area contributed by atoms with E-state index in [9.17, 15) is 13.2 Å². The third-order valence-electron chi connectivity index (χ3n) is 4.89. The molecule has 0 saturated heterocycles. The minimum Gasteiger partial charge on any atom is -0.207 e. The van der Waals surface area contributed by atoms with Gasteiger partial charge in [0.2, 0.25) is 0 Å². The molecule has 0 aromatic heterocycles. The Balaban J connectivity index is 1.85. The number of fused-ring (bicyclic) bond motifs is 1. The fraction of sp³-hybridized carbons (Fsp3) is 0.0833. The molecular formula is C24H16F4. The van der Waals surface area contributed by atoms with Crippen LogP contribution in [0.1, 0.15) is 12.5 Å². The number of benzene rings is 4. The predicted octanol–water partition coefficient (Wildman–Crippen LogP) is 7.29. The van der Waals surface area contributed by atoms with Crippen molar-refractivity contribution in [2.75, 3.05) is 0 Å². The zero-order chi connectivity index (χ0) is 19.8. The Kier molecular flexibility index (Phi) is 4.63. The number of hydrogen-bond acceptors (Lipinski definition) is 0. The molecule has 0 radical (unpaired) electrons. The number of hydrogen-bond donors (Lipinski definition) is 0. The van der Waals surface area contributed by atoms with Crippen LogP contribution in [0.4, 0.5) is 17.6 Å². The summed E-state index contributed by atoms with van der Waals surface area (Å²) in [7, 11) is 0. The van der Waals surface area contributed by atoms with Crippen molar-refractivity contribution < 1.29 is 17.6 Å². The lowest BCUT2D eigenvalue weighted by Gasteiger charge is -2.11. The molecule has 4 aromatic rings. The van der Waals surface area contributed by atoms with Gasteiger partial charge in [0.1, 0.15) is 23.3 Å². The van der Waals surface area contributed by atoms with Crippen LogP contribution in [0.2, 0.25) is 0 Å². The summed E-state index contributed by atoms with van der Waals surface area (Å²) in [5.41, 5.74) is 1.04. The smallest absolute Gasteiger partial charge is 0.138 e. The first-order chi connectivity index (χ1) is 13.5. The molecule has 0 N–H and O–H groups in total. The van der Waals surface area contributed by atoms with E-state index in [-0.39, 0.29) is 22.3 Å². The van der Waals surface area contributed by atoms with Gasteiger partial charge in [0.15, 0.2) is 0 Å². The van der Waals surface area contributed by atoms with Crippen molar-refractivity contribution in [1.82, 2.24) is 0 Å². The van der Waals surface area contributed by atoms with Gasteiger partial charge in [-0.2, -0.15) is 0 Å². The van der Waals surface area contributed by atoms with E-state index >= 15 is 4.39 Å². The lowest BCUT2D eigenvalue weighted by molar-refractivity contribution is 0.589. The minimum absolute atomic E-state index is 0.0904. The van der Waals surface area contributed by atoms with Crippen LogP contribution >= 0.6 is 0 Å². The SMILES string of the molecule is CCc1ccc2c(F)c(-c3cc(F)c(-c4cccc(F)c4)c(F)c3)ccc2c1. The fourth-order valence-corrected chi connectivity index (χ4v) is 3.43. The second-order valence-electron chi connectivity index (χ2n) is 6.66. The van der Waals surface area contributed by atoms with Gasteiger partial charge in [0.25, 0.3) is 0 Å². The van der Waals surface area contributed by atoms with Gasteiger partial charge in [0.05, 0.1) is 5.56 Å². The Labute approximate surface area is 160 Å². The monoisotopic (exact) mass is 380 g/mol. The van der Waals surface area contributed by atoms with E-state index in [1.165, 1.54) is 24.3 Å². The van der Waals surface area contributed by atoms with Gasteiger partial charge in [-0.05, 0) is 52.8 Å². The van der Waals surface area contributed by atoms with Crippen LogP contribution in [0.25, 0.3) is 33.0 Å². The number of rotatable bonds is 3. The number of aryl methyl sites for hydroxylation is 1. The largest absolute Gasteiger partial charge is 0.207 e. The second kappa shape index (κ2) is 7.12. The molecule has 4 rings (SSSR count). The molecule has 0 unspecified atom stereocenters. The van der Waals surface area contributed by atoms with Crippen LogP contribution in [0.15, 0.2) is 66.7 Å². The second-order valence-corrected chi connectivity index (χ2v) is 6.66. The van der Waals surface area contributed by atoms with E-state index in [0.29, 0.717) is 5.39 Å². The van der Waals surface area contributed by atoms with Crippen molar-refractivity contribution in [3.8, 4) is 22.3 Å². The quantitative estimate of drug-likeness (QED) is 0.327. The fourth-order valence-electron chi connectivity index (χ4n) is 3.43. The van der Waals surface area contributed by atoms with E-state index in [4.69, 9.17) is 0 Å². The van der Waals surface area contributed by atoms with E-state index in [1.807, 2.05) is 19.1 Å². The van der Waals surface area contributed by atoms with Crippen LogP contribution < -0.4 is 0 Å². The first kappa shape index (κ1) is 18.2. The molecule has 0 atom stereocenters. The third kappa shape index (κ3) is 3.15. The van der Waals surface area contributed by atoms with E-state index in [2.05, 4.69) is 0 Å². The average molecular weight is 380 g/mol. The Hall–Kier alpha value is -3.14. The molecule has 0 fully saturated rings. The molecule has 0 nitrogen and oxygen atoms in total. The third-order valence-corrected chi connectivity index (χ3v) is 4.89. The van der Waals surface area contributed by atoms with Crippen molar-refractivity contribution in [3.05, 3.63) is 95.6 Å². The Morgan fingerprint density at radius 1 is 0.714 bits per heavy atom. The van der Waals surface area contributed by atoms with Crippen LogP contribution in [0.5, 0.6) is 0 Å². The van der Waals surface area contributed by atoms with E-state index < -0.39 is 23.3 Å². The molecule has 0 saturated carbocycles. The minimum atomic E-state index is -0.874. The van der Waals surface area contributed by atoms with Crippen molar-refractivity contribution in [2.45, 2.75) is 13.3 Å². The molecule has 0 aliphatic rings. The summed E-state index contributed by atoms with van der Waals surface area (Å²) >= 11 is 0. The lowest BCUT2D eigenvalue weighted by atomic mass is 9.96. The van der Waals surface area contributed by atoms with Gasteiger partial charge in [0, 0.05) is 10.9 Å². The lowest BCUT2D eigenvalue weighted by Crippen LogP contribution is -1.95. The zero-order valence-corrected chi connectivity index (χ0v) is 15.1. The maximum atomic E-state index is 15.0. The van der Waals surface area contributed by atoms with Crippen molar-refractivity contribution in [1.29, 1.82) is 0 Å². The molecule has 0 aliphatic heterocycles. The van der Waals surface area contributed by atoms with Crippen LogP contribution in [-0.4, -0.2) is 0 Å².